The van der Waals surface area contributed by atoms with E-state index in [1.807, 2.05) is 43.3 Å². The normalized spacial score (nSPS) is 19.6. The summed E-state index contributed by atoms with van der Waals surface area (Å²) in [7, 11) is 0. The summed E-state index contributed by atoms with van der Waals surface area (Å²) in [5.41, 5.74) is 2.46. The molecule has 1 fully saturated rings. The number of nitrogens with zero attached hydrogens (tertiary/aromatic N) is 1. The minimum absolute atomic E-state index is 0.144. The van der Waals surface area contributed by atoms with Crippen molar-refractivity contribution in [3.63, 3.8) is 0 Å². The summed E-state index contributed by atoms with van der Waals surface area (Å²) in [6.45, 7) is 2.08. The van der Waals surface area contributed by atoms with Gasteiger partial charge in [-0.15, -0.1) is 0 Å². The smallest absolute Gasteiger partial charge is 0.271 e. The summed E-state index contributed by atoms with van der Waals surface area (Å²) in [4.78, 5) is 14.8. The lowest BCUT2D eigenvalue weighted by molar-refractivity contribution is -0.135. The molecule has 3 aromatic rings. The molecule has 5 nitrogen and oxygen atoms in total. The molecule has 5 rings (SSSR count). The van der Waals surface area contributed by atoms with Gasteiger partial charge in [-0.2, -0.15) is 0 Å². The number of benzene rings is 3. The van der Waals surface area contributed by atoms with Crippen LogP contribution < -0.4 is 19.1 Å². The number of halogens is 2. The van der Waals surface area contributed by atoms with Gasteiger partial charge in [-0.1, -0.05) is 35.3 Å². The number of carbonyl (C=O) groups excluding carboxylic acids is 1. The fourth-order valence-electron chi connectivity index (χ4n) is 3.79. The molecule has 1 amide bonds. The Bertz CT molecular complexity index is 1150. The van der Waals surface area contributed by atoms with Gasteiger partial charge < -0.3 is 14.2 Å². The second-order valence-electron chi connectivity index (χ2n) is 7.19. The summed E-state index contributed by atoms with van der Waals surface area (Å²) in [6, 6.07) is 17.9. The van der Waals surface area contributed by atoms with Crippen LogP contribution in [0, 0.1) is 6.92 Å². The number of anilines is 1. The van der Waals surface area contributed by atoms with E-state index >= 15 is 0 Å². The summed E-state index contributed by atoms with van der Waals surface area (Å²) >= 11 is 12.2. The molecular formula is C23H17Cl2NO4. The zero-order valence-corrected chi connectivity index (χ0v) is 17.5. The number of fused-ring (bicyclic) bond motifs is 1. The van der Waals surface area contributed by atoms with Crippen molar-refractivity contribution in [1.29, 1.82) is 0 Å². The van der Waals surface area contributed by atoms with Crippen LogP contribution in [-0.2, 0) is 4.79 Å². The van der Waals surface area contributed by atoms with Gasteiger partial charge in [-0.05, 0) is 66.6 Å². The van der Waals surface area contributed by atoms with Crippen molar-refractivity contribution in [2.75, 3.05) is 11.7 Å². The first kappa shape index (κ1) is 19.1. The maximum absolute atomic E-state index is 13.1. The van der Waals surface area contributed by atoms with Crippen LogP contribution in [0.25, 0.3) is 0 Å². The highest BCUT2D eigenvalue weighted by Crippen LogP contribution is 2.45. The summed E-state index contributed by atoms with van der Waals surface area (Å²) < 4.78 is 17.1. The highest BCUT2D eigenvalue weighted by molar-refractivity contribution is 6.31. The third-order valence-electron chi connectivity index (χ3n) is 5.26. The average Bonchev–Trinajstić information content (AvgIpc) is 3.19. The van der Waals surface area contributed by atoms with Crippen molar-refractivity contribution >= 4 is 34.8 Å². The van der Waals surface area contributed by atoms with Gasteiger partial charge in [0.15, 0.2) is 11.5 Å². The van der Waals surface area contributed by atoms with E-state index in [4.69, 9.17) is 37.4 Å². The SMILES string of the molecule is Cc1cc(Cl)ccc1OC1C(=O)N(c2cccc(Cl)c2)C1c1ccc2c(c1)OCO2. The molecule has 2 unspecified atom stereocenters. The first-order valence-corrected chi connectivity index (χ1v) is 10.2. The zero-order chi connectivity index (χ0) is 20.8. The molecule has 0 aliphatic carbocycles. The molecule has 30 heavy (non-hydrogen) atoms. The summed E-state index contributed by atoms with van der Waals surface area (Å²) in [6.07, 6.45) is -0.691. The van der Waals surface area contributed by atoms with E-state index in [0.717, 1.165) is 11.1 Å². The van der Waals surface area contributed by atoms with Gasteiger partial charge in [-0.25, -0.2) is 0 Å². The van der Waals surface area contributed by atoms with Crippen LogP contribution in [0.2, 0.25) is 10.0 Å². The topological polar surface area (TPSA) is 48.0 Å². The number of carbonyl (C=O) groups is 1. The Balaban J connectivity index is 1.53. The van der Waals surface area contributed by atoms with Crippen molar-refractivity contribution in [2.45, 2.75) is 19.1 Å². The fourth-order valence-corrected chi connectivity index (χ4v) is 4.21. The van der Waals surface area contributed by atoms with Gasteiger partial charge in [0, 0.05) is 15.7 Å². The van der Waals surface area contributed by atoms with Crippen LogP contribution in [0.3, 0.4) is 0 Å². The van der Waals surface area contributed by atoms with Crippen molar-refractivity contribution in [1.82, 2.24) is 0 Å². The molecule has 2 atom stereocenters. The molecule has 2 heterocycles. The Kier molecular flexibility index (Phi) is 4.72. The van der Waals surface area contributed by atoms with Crippen LogP contribution in [0.1, 0.15) is 17.2 Å². The van der Waals surface area contributed by atoms with Crippen LogP contribution in [0.5, 0.6) is 17.2 Å². The van der Waals surface area contributed by atoms with Crippen LogP contribution in [0.4, 0.5) is 5.69 Å². The summed E-state index contributed by atoms with van der Waals surface area (Å²) in [5.74, 6) is 1.81. The van der Waals surface area contributed by atoms with Crippen LogP contribution in [-0.4, -0.2) is 18.8 Å². The number of hydrogen-bond donors (Lipinski definition) is 0. The van der Waals surface area contributed by atoms with E-state index in [0.29, 0.717) is 33.0 Å². The Hall–Kier alpha value is -2.89. The van der Waals surface area contributed by atoms with E-state index in [1.54, 1.807) is 29.2 Å². The lowest BCUT2D eigenvalue weighted by Gasteiger charge is -2.46. The number of rotatable bonds is 4. The predicted octanol–water partition coefficient (Wildman–Crippen LogP) is 5.57. The number of amides is 1. The molecule has 0 aromatic heterocycles. The van der Waals surface area contributed by atoms with Crippen molar-refractivity contribution < 1.29 is 19.0 Å². The van der Waals surface area contributed by atoms with Gasteiger partial charge in [0.05, 0.1) is 0 Å². The quantitative estimate of drug-likeness (QED) is 0.496. The molecule has 0 N–H and O–H groups in total. The summed E-state index contributed by atoms with van der Waals surface area (Å²) in [5, 5.41) is 1.18. The minimum atomic E-state index is -0.691. The average molecular weight is 442 g/mol. The predicted molar refractivity (Wildman–Crippen MR) is 115 cm³/mol. The number of aryl methyl sites for hydroxylation is 1. The zero-order valence-electron chi connectivity index (χ0n) is 16.0. The Labute approximate surface area is 183 Å². The minimum Gasteiger partial charge on any atom is -0.478 e. The number of β-lactam (4-membered cyclic amide) rings is 1. The van der Waals surface area contributed by atoms with Gasteiger partial charge >= 0.3 is 0 Å². The van der Waals surface area contributed by atoms with Gasteiger partial charge in [-0.3, -0.25) is 9.69 Å². The van der Waals surface area contributed by atoms with Crippen LogP contribution >= 0.6 is 23.2 Å². The van der Waals surface area contributed by atoms with Crippen molar-refractivity contribution in [3.05, 3.63) is 81.8 Å². The number of hydrogen-bond acceptors (Lipinski definition) is 4. The Morgan fingerprint density at radius 1 is 0.967 bits per heavy atom. The molecule has 2 aliphatic rings. The van der Waals surface area contributed by atoms with E-state index in [-0.39, 0.29) is 18.7 Å². The van der Waals surface area contributed by atoms with Gasteiger partial charge in [0.1, 0.15) is 11.8 Å². The van der Waals surface area contributed by atoms with E-state index in [9.17, 15) is 4.79 Å². The van der Waals surface area contributed by atoms with Crippen LogP contribution in [0.15, 0.2) is 60.7 Å². The molecule has 1 saturated heterocycles. The largest absolute Gasteiger partial charge is 0.478 e. The third kappa shape index (κ3) is 3.24. The van der Waals surface area contributed by atoms with Crippen molar-refractivity contribution in [2.24, 2.45) is 0 Å². The first-order chi connectivity index (χ1) is 14.5. The van der Waals surface area contributed by atoms with E-state index < -0.39 is 6.10 Å². The van der Waals surface area contributed by atoms with Gasteiger partial charge in [0.2, 0.25) is 12.9 Å². The standard InChI is InChI=1S/C23H17Cl2NO4/c1-13-9-16(25)6-8-18(13)30-22-21(14-5-7-19-20(10-14)29-12-28-19)26(23(22)27)17-4-2-3-15(24)11-17/h2-11,21-22H,12H2,1H3. The highest BCUT2D eigenvalue weighted by Gasteiger charge is 2.51. The van der Waals surface area contributed by atoms with E-state index in [1.165, 1.54) is 0 Å². The molecular weight excluding hydrogens is 425 g/mol. The highest BCUT2D eigenvalue weighted by atomic mass is 35.5. The molecule has 0 spiro atoms. The molecule has 0 bridgehead atoms. The molecule has 152 valence electrons. The second-order valence-corrected chi connectivity index (χ2v) is 8.07. The monoisotopic (exact) mass is 441 g/mol. The lowest BCUT2D eigenvalue weighted by atomic mass is 9.89. The fraction of sp³-hybridized carbons (Fsp3) is 0.174. The molecule has 7 heteroatoms. The maximum Gasteiger partial charge on any atom is 0.271 e. The Morgan fingerprint density at radius 2 is 1.77 bits per heavy atom. The third-order valence-corrected chi connectivity index (χ3v) is 5.73. The molecule has 0 saturated carbocycles. The lowest BCUT2D eigenvalue weighted by Crippen LogP contribution is -2.61. The Morgan fingerprint density at radius 3 is 2.57 bits per heavy atom. The van der Waals surface area contributed by atoms with Gasteiger partial charge in [0.25, 0.3) is 5.91 Å². The molecule has 0 radical (unpaired) electrons. The molecule has 2 aliphatic heterocycles. The number of ether oxygens (including phenoxy) is 3. The first-order valence-electron chi connectivity index (χ1n) is 9.42. The van der Waals surface area contributed by atoms with E-state index in [2.05, 4.69) is 0 Å². The molecule has 3 aromatic carbocycles. The maximum atomic E-state index is 13.1. The second kappa shape index (κ2) is 7.42. The van der Waals surface area contributed by atoms with Crippen molar-refractivity contribution in [3.8, 4) is 17.2 Å².